The van der Waals surface area contributed by atoms with Crippen LogP contribution in [0, 0.1) is 0 Å². The van der Waals surface area contributed by atoms with Gasteiger partial charge in [0.05, 0.1) is 11.1 Å². The quantitative estimate of drug-likeness (QED) is 0.323. The van der Waals surface area contributed by atoms with Crippen molar-refractivity contribution in [2.24, 2.45) is 0 Å². The zero-order chi connectivity index (χ0) is 26.2. The maximum absolute atomic E-state index is 13.6. The Kier molecular flexibility index (Phi) is 6.72. The summed E-state index contributed by atoms with van der Waals surface area (Å²) in [5.74, 6) is 0.184. The predicted molar refractivity (Wildman–Crippen MR) is 143 cm³/mol. The van der Waals surface area contributed by atoms with Gasteiger partial charge in [0.2, 0.25) is 5.43 Å². The second kappa shape index (κ2) is 9.61. The Hall–Kier alpha value is -3.93. The third-order valence-corrected chi connectivity index (χ3v) is 6.32. The van der Waals surface area contributed by atoms with Gasteiger partial charge in [0, 0.05) is 17.7 Å². The lowest BCUT2D eigenvalue weighted by atomic mass is 9.92. The van der Waals surface area contributed by atoms with Crippen LogP contribution in [-0.2, 0) is 6.42 Å². The molecule has 0 aliphatic carbocycles. The van der Waals surface area contributed by atoms with E-state index in [1.807, 2.05) is 39.0 Å². The van der Waals surface area contributed by atoms with Crippen LogP contribution in [0.25, 0.3) is 28.4 Å². The number of hydrogen-bond donors (Lipinski definition) is 3. The predicted octanol–water partition coefficient (Wildman–Crippen LogP) is 7.00. The molecule has 188 valence electrons. The molecule has 1 aromatic heterocycles. The van der Waals surface area contributed by atoms with Crippen molar-refractivity contribution in [2.75, 3.05) is 0 Å². The molecule has 1 aliphatic heterocycles. The van der Waals surface area contributed by atoms with Crippen molar-refractivity contribution in [1.82, 2.24) is 0 Å². The molecule has 0 fully saturated rings. The third kappa shape index (κ3) is 4.89. The fraction of sp³-hybridized carbons (Fsp3) is 0.300. The van der Waals surface area contributed by atoms with E-state index >= 15 is 0 Å². The van der Waals surface area contributed by atoms with E-state index < -0.39 is 5.60 Å². The Balaban J connectivity index is 1.95. The smallest absolute Gasteiger partial charge is 0.200 e. The van der Waals surface area contributed by atoms with E-state index in [4.69, 9.17) is 9.15 Å². The van der Waals surface area contributed by atoms with Crippen LogP contribution in [-0.4, -0.2) is 20.9 Å². The van der Waals surface area contributed by atoms with Gasteiger partial charge in [-0.2, -0.15) is 0 Å². The van der Waals surface area contributed by atoms with Crippen LogP contribution in [0.15, 0.2) is 62.9 Å². The van der Waals surface area contributed by atoms with E-state index in [0.717, 1.165) is 24.5 Å². The summed E-state index contributed by atoms with van der Waals surface area (Å²) in [5, 5.41) is 31.0. The normalized spacial score (nSPS) is 16.4. The molecule has 4 rings (SSSR count). The Bertz CT molecular complexity index is 1480. The number of aromatic hydroxyl groups is 3. The molecular formula is C30H32O6. The molecule has 3 N–H and O–H groups in total. The van der Waals surface area contributed by atoms with Gasteiger partial charge in [-0.1, -0.05) is 23.3 Å². The zero-order valence-corrected chi connectivity index (χ0v) is 21.3. The monoisotopic (exact) mass is 488 g/mol. The number of fused-ring (bicyclic) bond motifs is 2. The number of benzene rings is 2. The molecule has 0 saturated carbocycles. The van der Waals surface area contributed by atoms with Crippen molar-refractivity contribution in [3.05, 3.63) is 75.0 Å². The van der Waals surface area contributed by atoms with Crippen LogP contribution >= 0.6 is 0 Å². The first kappa shape index (κ1) is 25.2. The molecule has 36 heavy (non-hydrogen) atoms. The van der Waals surface area contributed by atoms with Crippen molar-refractivity contribution in [1.29, 1.82) is 0 Å². The number of ether oxygens (including phenoxy) is 1. The van der Waals surface area contributed by atoms with Crippen molar-refractivity contribution >= 4 is 17.0 Å². The fourth-order valence-electron chi connectivity index (χ4n) is 4.38. The maximum atomic E-state index is 13.6. The van der Waals surface area contributed by atoms with E-state index in [-0.39, 0.29) is 45.8 Å². The van der Waals surface area contributed by atoms with E-state index in [1.54, 1.807) is 12.1 Å². The van der Waals surface area contributed by atoms with Crippen LogP contribution in [0.3, 0.4) is 0 Å². The maximum Gasteiger partial charge on any atom is 0.200 e. The molecule has 0 radical (unpaired) electrons. The Morgan fingerprint density at radius 1 is 1.00 bits per heavy atom. The second-order valence-electron chi connectivity index (χ2n) is 10.0. The van der Waals surface area contributed by atoms with Gasteiger partial charge in [-0.25, -0.2) is 0 Å². The minimum atomic E-state index is -0.630. The molecule has 2 heterocycles. The van der Waals surface area contributed by atoms with E-state index in [2.05, 4.69) is 19.9 Å². The van der Waals surface area contributed by atoms with Gasteiger partial charge in [0.15, 0.2) is 0 Å². The largest absolute Gasteiger partial charge is 0.508 e. The van der Waals surface area contributed by atoms with Crippen molar-refractivity contribution in [3.63, 3.8) is 0 Å². The Morgan fingerprint density at radius 2 is 1.72 bits per heavy atom. The van der Waals surface area contributed by atoms with Gasteiger partial charge in [-0.15, -0.1) is 0 Å². The standard InChI is InChI=1S/C30H32O6/c1-17(2)7-6-13-30(5)14-12-20-23(32)11-10-22(29(20)36-30)28-21(9-8-18(3)4)27(34)26-24(33)15-19(31)16-25(26)35-28/h7-8,10-12,14-16,31-33H,6,9,13H2,1-5H3/t30-/m0/s1. The number of allylic oxidation sites excluding steroid dienone is 4. The third-order valence-electron chi connectivity index (χ3n) is 6.32. The molecule has 3 aromatic rings. The highest BCUT2D eigenvalue weighted by Gasteiger charge is 2.32. The zero-order valence-electron chi connectivity index (χ0n) is 21.3. The summed E-state index contributed by atoms with van der Waals surface area (Å²) in [7, 11) is 0. The van der Waals surface area contributed by atoms with Gasteiger partial charge >= 0.3 is 0 Å². The summed E-state index contributed by atoms with van der Waals surface area (Å²) >= 11 is 0. The Labute approximate surface area is 210 Å². The number of rotatable bonds is 6. The molecule has 0 saturated heterocycles. The Morgan fingerprint density at radius 3 is 2.42 bits per heavy atom. The molecule has 1 atom stereocenters. The molecule has 0 bridgehead atoms. The SMILES string of the molecule is CC(C)=CCC[C@@]1(C)C=Cc2c(O)ccc(-c3oc4cc(O)cc(O)c4c(=O)c3CC=C(C)C)c2O1. The first-order chi connectivity index (χ1) is 17.0. The number of phenols is 3. The lowest BCUT2D eigenvalue weighted by Crippen LogP contribution is -2.32. The van der Waals surface area contributed by atoms with Crippen LogP contribution in [0.1, 0.15) is 58.6 Å². The summed E-state index contributed by atoms with van der Waals surface area (Å²) in [4.78, 5) is 13.6. The summed E-state index contributed by atoms with van der Waals surface area (Å²) in [6.45, 7) is 9.96. The molecule has 6 nitrogen and oxygen atoms in total. The molecule has 0 unspecified atom stereocenters. The lowest BCUT2D eigenvalue weighted by Gasteiger charge is -2.33. The molecule has 0 amide bonds. The topological polar surface area (TPSA) is 100 Å². The molecular weight excluding hydrogens is 456 g/mol. The molecule has 0 spiro atoms. The van der Waals surface area contributed by atoms with Gasteiger partial charge in [-0.05, 0) is 78.2 Å². The van der Waals surface area contributed by atoms with Gasteiger partial charge in [0.25, 0.3) is 0 Å². The van der Waals surface area contributed by atoms with Crippen LogP contribution in [0.4, 0.5) is 0 Å². The summed E-state index contributed by atoms with van der Waals surface area (Å²) < 4.78 is 12.7. The highest BCUT2D eigenvalue weighted by atomic mass is 16.5. The van der Waals surface area contributed by atoms with Crippen molar-refractivity contribution < 1.29 is 24.5 Å². The van der Waals surface area contributed by atoms with E-state index in [9.17, 15) is 20.1 Å². The average molecular weight is 489 g/mol. The van der Waals surface area contributed by atoms with Gasteiger partial charge in [0.1, 0.15) is 45.3 Å². The molecule has 6 heteroatoms. The lowest BCUT2D eigenvalue weighted by molar-refractivity contribution is 0.129. The first-order valence-corrected chi connectivity index (χ1v) is 12.0. The average Bonchev–Trinajstić information content (AvgIpc) is 2.77. The van der Waals surface area contributed by atoms with Crippen molar-refractivity contribution in [2.45, 2.75) is 59.5 Å². The fourth-order valence-corrected chi connectivity index (χ4v) is 4.38. The van der Waals surface area contributed by atoms with Gasteiger partial charge < -0.3 is 24.5 Å². The highest BCUT2D eigenvalue weighted by molar-refractivity contribution is 5.89. The van der Waals surface area contributed by atoms with Crippen LogP contribution in [0.2, 0.25) is 0 Å². The van der Waals surface area contributed by atoms with Gasteiger partial charge in [-0.3, -0.25) is 4.79 Å². The van der Waals surface area contributed by atoms with E-state index in [0.29, 0.717) is 22.4 Å². The summed E-state index contributed by atoms with van der Waals surface area (Å²) in [6.07, 6.45) is 9.66. The summed E-state index contributed by atoms with van der Waals surface area (Å²) in [6, 6.07) is 5.64. The molecule has 1 aliphatic rings. The van der Waals surface area contributed by atoms with Crippen LogP contribution < -0.4 is 10.2 Å². The van der Waals surface area contributed by atoms with E-state index in [1.165, 1.54) is 11.6 Å². The summed E-state index contributed by atoms with van der Waals surface area (Å²) in [5.41, 5.74) is 2.66. The minimum Gasteiger partial charge on any atom is -0.508 e. The molecule has 2 aromatic carbocycles. The first-order valence-electron chi connectivity index (χ1n) is 12.0. The number of hydrogen-bond acceptors (Lipinski definition) is 6. The van der Waals surface area contributed by atoms with Crippen LogP contribution in [0.5, 0.6) is 23.0 Å². The minimum absolute atomic E-state index is 0.00808. The number of phenolic OH excluding ortho intramolecular Hbond substituents is 3. The second-order valence-corrected chi connectivity index (χ2v) is 10.0. The van der Waals surface area contributed by atoms with Crippen molar-refractivity contribution in [3.8, 4) is 34.3 Å². The highest BCUT2D eigenvalue weighted by Crippen LogP contribution is 2.46.